The van der Waals surface area contributed by atoms with E-state index >= 15 is 0 Å². The van der Waals surface area contributed by atoms with Crippen LogP contribution in [0.2, 0.25) is 0 Å². The Labute approximate surface area is 107 Å². The Bertz CT molecular complexity index is 672. The van der Waals surface area contributed by atoms with Crippen molar-refractivity contribution < 1.29 is 4.74 Å². The molecule has 0 bridgehead atoms. The third kappa shape index (κ3) is 1.67. The second kappa shape index (κ2) is 4.01. The van der Waals surface area contributed by atoms with Crippen LogP contribution >= 0.6 is 22.9 Å². The lowest BCUT2D eigenvalue weighted by Gasteiger charge is -2.00. The lowest BCUT2D eigenvalue weighted by Crippen LogP contribution is -1.84. The van der Waals surface area contributed by atoms with Gasteiger partial charge >= 0.3 is 0 Å². The third-order valence-electron chi connectivity index (χ3n) is 2.56. The lowest BCUT2D eigenvalue weighted by atomic mass is 10.2. The summed E-state index contributed by atoms with van der Waals surface area (Å²) in [7, 11) is 1.68. The van der Waals surface area contributed by atoms with Gasteiger partial charge in [0.05, 0.1) is 16.7 Å². The molecular formula is C12H10N2OS2. The van der Waals surface area contributed by atoms with E-state index in [1.54, 1.807) is 18.4 Å². The van der Waals surface area contributed by atoms with Crippen LogP contribution in [0.25, 0.3) is 20.7 Å². The molecule has 0 unspecified atom stereocenters. The molecule has 0 aliphatic heterocycles. The molecule has 3 rings (SSSR count). The molecular weight excluding hydrogens is 252 g/mol. The van der Waals surface area contributed by atoms with Crippen molar-refractivity contribution in [2.24, 2.45) is 0 Å². The highest BCUT2D eigenvalue weighted by Gasteiger charge is 2.14. The van der Waals surface area contributed by atoms with Gasteiger partial charge in [-0.1, -0.05) is 0 Å². The number of benzene rings is 1. The molecule has 0 aliphatic rings. The van der Waals surface area contributed by atoms with E-state index in [4.69, 9.17) is 10.5 Å². The van der Waals surface area contributed by atoms with Gasteiger partial charge < -0.3 is 10.5 Å². The number of rotatable bonds is 2. The summed E-state index contributed by atoms with van der Waals surface area (Å²) in [6, 6.07) is 7.83. The number of fused-ring (bicyclic) bond motifs is 1. The van der Waals surface area contributed by atoms with E-state index in [2.05, 4.69) is 4.37 Å². The van der Waals surface area contributed by atoms with Crippen molar-refractivity contribution in [1.29, 1.82) is 0 Å². The topological polar surface area (TPSA) is 48.1 Å². The van der Waals surface area contributed by atoms with Gasteiger partial charge in [-0.05, 0) is 41.2 Å². The molecule has 0 aliphatic carbocycles. The molecule has 0 fully saturated rings. The Morgan fingerprint density at radius 1 is 1.29 bits per heavy atom. The first-order chi connectivity index (χ1) is 8.29. The molecule has 3 aromatic rings. The zero-order valence-electron chi connectivity index (χ0n) is 9.14. The van der Waals surface area contributed by atoms with Gasteiger partial charge in [0.15, 0.2) is 0 Å². The van der Waals surface area contributed by atoms with Gasteiger partial charge in [0.2, 0.25) is 0 Å². The predicted molar refractivity (Wildman–Crippen MR) is 73.9 cm³/mol. The molecule has 0 radical (unpaired) electrons. The standard InChI is InChI=1S/C12H10N2OS2/c1-15-9-4-5-16-12(9)11-8-6-7(13)2-3-10(8)17-14-11/h2-6H,13H2,1H3. The van der Waals surface area contributed by atoms with Gasteiger partial charge in [-0.3, -0.25) is 0 Å². The van der Waals surface area contributed by atoms with Crippen LogP contribution in [-0.2, 0) is 0 Å². The fraction of sp³-hybridized carbons (Fsp3) is 0.0833. The van der Waals surface area contributed by atoms with Gasteiger partial charge in [0.25, 0.3) is 0 Å². The average molecular weight is 262 g/mol. The fourth-order valence-electron chi connectivity index (χ4n) is 1.75. The maximum absolute atomic E-state index is 5.82. The maximum atomic E-state index is 5.82. The third-order valence-corrected chi connectivity index (χ3v) is 4.29. The number of nitrogens with two attached hydrogens (primary N) is 1. The van der Waals surface area contributed by atoms with Crippen molar-refractivity contribution in [3.63, 3.8) is 0 Å². The van der Waals surface area contributed by atoms with E-state index in [0.29, 0.717) is 0 Å². The number of nitrogen functional groups attached to an aromatic ring is 1. The second-order valence-corrected chi connectivity index (χ2v) is 5.33. The molecule has 5 heteroatoms. The monoisotopic (exact) mass is 262 g/mol. The first kappa shape index (κ1) is 10.6. The predicted octanol–water partition coefficient (Wildman–Crippen LogP) is 3.62. The maximum Gasteiger partial charge on any atom is 0.139 e. The molecule has 0 saturated heterocycles. The summed E-state index contributed by atoms with van der Waals surface area (Å²) in [6.07, 6.45) is 0. The number of anilines is 1. The van der Waals surface area contributed by atoms with Crippen molar-refractivity contribution in [3.8, 4) is 16.3 Å². The Balaban J connectivity index is 2.27. The molecule has 17 heavy (non-hydrogen) atoms. The van der Waals surface area contributed by atoms with Crippen molar-refractivity contribution in [3.05, 3.63) is 29.6 Å². The highest BCUT2D eigenvalue weighted by atomic mass is 32.1. The van der Waals surface area contributed by atoms with Gasteiger partial charge in [-0.25, -0.2) is 0 Å². The molecule has 0 spiro atoms. The highest BCUT2D eigenvalue weighted by molar-refractivity contribution is 7.16. The summed E-state index contributed by atoms with van der Waals surface area (Å²) >= 11 is 3.12. The minimum atomic E-state index is 0.759. The Kier molecular flexibility index (Phi) is 2.49. The normalized spacial score (nSPS) is 10.9. The summed E-state index contributed by atoms with van der Waals surface area (Å²) in [5, 5.41) is 3.10. The quantitative estimate of drug-likeness (QED) is 0.718. The summed E-state index contributed by atoms with van der Waals surface area (Å²) < 4.78 is 11.0. The van der Waals surface area contributed by atoms with E-state index in [-0.39, 0.29) is 0 Å². The molecule has 2 aromatic heterocycles. The van der Waals surface area contributed by atoms with Gasteiger partial charge in [0.1, 0.15) is 11.4 Å². The number of nitrogens with zero attached hydrogens (tertiary/aromatic N) is 1. The van der Waals surface area contributed by atoms with Crippen LogP contribution in [0.5, 0.6) is 5.75 Å². The van der Waals surface area contributed by atoms with E-state index in [9.17, 15) is 0 Å². The molecule has 1 aromatic carbocycles. The minimum Gasteiger partial charge on any atom is -0.495 e. The Morgan fingerprint density at radius 3 is 3.00 bits per heavy atom. The van der Waals surface area contributed by atoms with Gasteiger partial charge in [-0.15, -0.1) is 11.3 Å². The summed E-state index contributed by atoms with van der Waals surface area (Å²) in [6.45, 7) is 0. The van der Waals surface area contributed by atoms with Gasteiger partial charge in [-0.2, -0.15) is 4.37 Å². The van der Waals surface area contributed by atoms with E-state index in [0.717, 1.165) is 32.1 Å². The van der Waals surface area contributed by atoms with Crippen molar-refractivity contribution in [2.75, 3.05) is 12.8 Å². The van der Waals surface area contributed by atoms with E-state index < -0.39 is 0 Å². The number of aromatic nitrogens is 1. The summed E-state index contributed by atoms with van der Waals surface area (Å²) in [5.74, 6) is 0.865. The average Bonchev–Trinajstić information content (AvgIpc) is 2.93. The van der Waals surface area contributed by atoms with Crippen molar-refractivity contribution in [2.45, 2.75) is 0 Å². The van der Waals surface area contributed by atoms with Crippen molar-refractivity contribution >= 4 is 38.6 Å². The first-order valence-corrected chi connectivity index (χ1v) is 6.71. The number of hydrogen-bond acceptors (Lipinski definition) is 5. The molecule has 0 atom stereocenters. The zero-order chi connectivity index (χ0) is 11.8. The lowest BCUT2D eigenvalue weighted by molar-refractivity contribution is 0.418. The smallest absolute Gasteiger partial charge is 0.139 e. The van der Waals surface area contributed by atoms with Crippen LogP contribution < -0.4 is 10.5 Å². The van der Waals surface area contributed by atoms with E-state index in [1.165, 1.54) is 11.5 Å². The largest absolute Gasteiger partial charge is 0.495 e. The number of thiophene rings is 1. The van der Waals surface area contributed by atoms with E-state index in [1.807, 2.05) is 29.6 Å². The fourth-order valence-corrected chi connectivity index (χ4v) is 3.43. The number of ether oxygens (including phenoxy) is 1. The van der Waals surface area contributed by atoms with Crippen LogP contribution in [0.3, 0.4) is 0 Å². The van der Waals surface area contributed by atoms with Gasteiger partial charge in [0, 0.05) is 11.1 Å². The molecule has 3 nitrogen and oxygen atoms in total. The minimum absolute atomic E-state index is 0.759. The van der Waals surface area contributed by atoms with Crippen molar-refractivity contribution in [1.82, 2.24) is 4.37 Å². The van der Waals surface area contributed by atoms with Crippen LogP contribution in [0, 0.1) is 0 Å². The summed E-state index contributed by atoms with van der Waals surface area (Å²) in [4.78, 5) is 1.06. The molecule has 2 heterocycles. The SMILES string of the molecule is COc1ccsc1-c1nsc2ccc(N)cc12. The molecule has 0 amide bonds. The Morgan fingerprint density at radius 2 is 2.18 bits per heavy atom. The van der Waals surface area contributed by atoms with Crippen LogP contribution in [0.4, 0.5) is 5.69 Å². The molecule has 2 N–H and O–H groups in total. The highest BCUT2D eigenvalue weighted by Crippen LogP contribution is 2.40. The van der Waals surface area contributed by atoms with Crippen LogP contribution in [-0.4, -0.2) is 11.5 Å². The zero-order valence-corrected chi connectivity index (χ0v) is 10.8. The Hall–Kier alpha value is -1.59. The summed E-state index contributed by atoms with van der Waals surface area (Å²) in [5.41, 5.74) is 7.55. The second-order valence-electron chi connectivity index (χ2n) is 3.60. The molecule has 86 valence electrons. The van der Waals surface area contributed by atoms with Crippen LogP contribution in [0.15, 0.2) is 29.6 Å². The molecule has 0 saturated carbocycles. The first-order valence-electron chi connectivity index (χ1n) is 5.06. The van der Waals surface area contributed by atoms with Crippen LogP contribution in [0.1, 0.15) is 0 Å². The number of methoxy groups -OCH3 is 1. The number of hydrogen-bond donors (Lipinski definition) is 1.